The van der Waals surface area contributed by atoms with Crippen molar-refractivity contribution in [2.24, 2.45) is 0 Å². The van der Waals surface area contributed by atoms with Crippen LogP contribution in [0.15, 0.2) is 48.5 Å². The number of benzene rings is 2. The van der Waals surface area contributed by atoms with Gasteiger partial charge in [0.2, 0.25) is 5.91 Å². The van der Waals surface area contributed by atoms with E-state index in [0.717, 1.165) is 18.6 Å². The Morgan fingerprint density at radius 2 is 1.66 bits per heavy atom. The molecule has 6 heteroatoms. The van der Waals surface area contributed by atoms with Gasteiger partial charge in [-0.1, -0.05) is 37.6 Å². The van der Waals surface area contributed by atoms with Gasteiger partial charge in [0.1, 0.15) is 12.4 Å². The Morgan fingerprint density at radius 1 is 1.00 bits per heavy atom. The highest BCUT2D eigenvalue weighted by atomic mass is 16.5. The van der Waals surface area contributed by atoms with Gasteiger partial charge in [0, 0.05) is 13.0 Å². The van der Waals surface area contributed by atoms with Gasteiger partial charge in [-0.15, -0.1) is 0 Å². The van der Waals surface area contributed by atoms with Gasteiger partial charge in [-0.25, -0.2) is 0 Å². The molecular weight excluding hydrogens is 368 g/mol. The standard InChI is InChI=1S/C23H26N2O4/c1-2-6-17-10-12-18(13-11-17)29-16-14-24-21(26)9-5-15-25-22(27)19-7-3-4-8-20(19)23(25)28/h3-4,7-8,10-13H,2,5-6,9,14-16H2,1H3,(H,24,26). The van der Waals surface area contributed by atoms with Crippen LogP contribution < -0.4 is 10.1 Å². The van der Waals surface area contributed by atoms with Crippen LogP contribution >= 0.6 is 0 Å². The monoisotopic (exact) mass is 394 g/mol. The molecule has 29 heavy (non-hydrogen) atoms. The number of ether oxygens (including phenoxy) is 1. The number of nitrogens with zero attached hydrogens (tertiary/aromatic N) is 1. The summed E-state index contributed by atoms with van der Waals surface area (Å²) in [4.78, 5) is 37.7. The highest BCUT2D eigenvalue weighted by Gasteiger charge is 2.34. The van der Waals surface area contributed by atoms with Gasteiger partial charge in [-0.2, -0.15) is 0 Å². The molecule has 2 aromatic carbocycles. The molecule has 2 aromatic rings. The molecule has 1 N–H and O–H groups in total. The van der Waals surface area contributed by atoms with E-state index >= 15 is 0 Å². The average molecular weight is 394 g/mol. The second-order valence-corrected chi connectivity index (χ2v) is 7.00. The van der Waals surface area contributed by atoms with Gasteiger partial charge in [-0.3, -0.25) is 19.3 Å². The zero-order valence-electron chi connectivity index (χ0n) is 16.6. The third-order valence-electron chi connectivity index (χ3n) is 4.82. The lowest BCUT2D eigenvalue weighted by molar-refractivity contribution is -0.121. The lowest BCUT2D eigenvalue weighted by Gasteiger charge is -2.13. The summed E-state index contributed by atoms with van der Waals surface area (Å²) in [6.45, 7) is 3.17. The topological polar surface area (TPSA) is 75.7 Å². The van der Waals surface area contributed by atoms with E-state index in [2.05, 4.69) is 24.4 Å². The van der Waals surface area contributed by atoms with Crippen LogP contribution in [0.1, 0.15) is 52.5 Å². The smallest absolute Gasteiger partial charge is 0.261 e. The molecule has 1 heterocycles. The fraction of sp³-hybridized carbons (Fsp3) is 0.348. The fourth-order valence-electron chi connectivity index (χ4n) is 3.33. The van der Waals surface area contributed by atoms with E-state index in [4.69, 9.17) is 4.74 Å². The van der Waals surface area contributed by atoms with Crippen LogP contribution in [-0.2, 0) is 11.2 Å². The van der Waals surface area contributed by atoms with Crippen molar-refractivity contribution in [1.29, 1.82) is 0 Å². The van der Waals surface area contributed by atoms with Gasteiger partial charge in [0.15, 0.2) is 0 Å². The van der Waals surface area contributed by atoms with Crippen LogP contribution in [0.2, 0.25) is 0 Å². The number of hydrogen-bond acceptors (Lipinski definition) is 4. The molecule has 0 aliphatic carbocycles. The molecule has 0 radical (unpaired) electrons. The number of carbonyl (C=O) groups is 3. The first-order valence-corrected chi connectivity index (χ1v) is 10.0. The molecular formula is C23H26N2O4. The predicted octanol–water partition coefficient (Wildman–Crippen LogP) is 3.21. The zero-order chi connectivity index (χ0) is 20.6. The molecule has 1 aliphatic heterocycles. The van der Waals surface area contributed by atoms with Crippen molar-refractivity contribution in [3.63, 3.8) is 0 Å². The van der Waals surface area contributed by atoms with Gasteiger partial charge >= 0.3 is 0 Å². The number of rotatable bonds is 10. The number of amides is 3. The molecule has 0 spiro atoms. The summed E-state index contributed by atoms with van der Waals surface area (Å²) in [7, 11) is 0. The third kappa shape index (κ3) is 5.22. The van der Waals surface area contributed by atoms with Crippen molar-refractivity contribution in [2.75, 3.05) is 19.7 Å². The molecule has 0 fully saturated rings. The molecule has 3 amide bonds. The molecule has 1 aliphatic rings. The number of aryl methyl sites for hydroxylation is 1. The number of hydrogen-bond donors (Lipinski definition) is 1. The second kappa shape index (κ2) is 9.87. The van der Waals surface area contributed by atoms with Crippen molar-refractivity contribution >= 4 is 17.7 Å². The Balaban J connectivity index is 1.33. The molecule has 152 valence electrons. The van der Waals surface area contributed by atoms with Crippen LogP contribution in [0.25, 0.3) is 0 Å². The Morgan fingerprint density at radius 3 is 2.28 bits per heavy atom. The molecule has 0 aromatic heterocycles. The number of carbonyl (C=O) groups excluding carboxylic acids is 3. The van der Waals surface area contributed by atoms with Crippen molar-refractivity contribution in [3.8, 4) is 5.75 Å². The Labute approximate surface area is 170 Å². The van der Waals surface area contributed by atoms with E-state index in [-0.39, 0.29) is 30.7 Å². The highest BCUT2D eigenvalue weighted by Crippen LogP contribution is 2.22. The number of nitrogens with one attached hydrogen (secondary N) is 1. The summed E-state index contributed by atoms with van der Waals surface area (Å²) in [5, 5.41) is 2.80. The van der Waals surface area contributed by atoms with Crippen molar-refractivity contribution in [3.05, 3.63) is 65.2 Å². The fourth-order valence-corrected chi connectivity index (χ4v) is 3.33. The van der Waals surface area contributed by atoms with Crippen LogP contribution in [-0.4, -0.2) is 42.3 Å². The van der Waals surface area contributed by atoms with E-state index in [9.17, 15) is 14.4 Å². The first-order chi connectivity index (χ1) is 14.1. The summed E-state index contributed by atoms with van der Waals surface area (Å²) < 4.78 is 5.63. The quantitative estimate of drug-likeness (QED) is 0.496. The lowest BCUT2D eigenvalue weighted by atomic mass is 10.1. The Kier molecular flexibility index (Phi) is 7.00. The summed E-state index contributed by atoms with van der Waals surface area (Å²) in [6.07, 6.45) is 2.84. The molecule has 0 saturated carbocycles. The zero-order valence-corrected chi connectivity index (χ0v) is 16.6. The van der Waals surface area contributed by atoms with Crippen LogP contribution in [0, 0.1) is 0 Å². The van der Waals surface area contributed by atoms with E-state index in [1.807, 2.05) is 12.1 Å². The highest BCUT2D eigenvalue weighted by molar-refractivity contribution is 6.21. The van der Waals surface area contributed by atoms with Gasteiger partial charge in [0.25, 0.3) is 11.8 Å². The molecule has 0 unspecified atom stereocenters. The Bertz CT molecular complexity index is 842. The first kappa shape index (κ1) is 20.6. The maximum Gasteiger partial charge on any atom is 0.261 e. The summed E-state index contributed by atoms with van der Waals surface area (Å²) in [6, 6.07) is 14.8. The maximum absolute atomic E-state index is 12.3. The minimum absolute atomic E-state index is 0.122. The minimum Gasteiger partial charge on any atom is -0.492 e. The molecule has 0 saturated heterocycles. The van der Waals surface area contributed by atoms with Crippen molar-refractivity contribution < 1.29 is 19.1 Å². The molecule has 0 atom stereocenters. The molecule has 0 bridgehead atoms. The summed E-state index contributed by atoms with van der Waals surface area (Å²) >= 11 is 0. The van der Waals surface area contributed by atoms with Crippen LogP contribution in [0.4, 0.5) is 0 Å². The maximum atomic E-state index is 12.3. The normalized spacial score (nSPS) is 12.8. The Hall–Kier alpha value is -3.15. The van der Waals surface area contributed by atoms with Crippen molar-refractivity contribution in [1.82, 2.24) is 10.2 Å². The summed E-state index contributed by atoms with van der Waals surface area (Å²) in [5.74, 6) is 0.0851. The molecule has 6 nitrogen and oxygen atoms in total. The lowest BCUT2D eigenvalue weighted by Crippen LogP contribution is -2.32. The second-order valence-electron chi connectivity index (χ2n) is 7.00. The first-order valence-electron chi connectivity index (χ1n) is 10.0. The largest absolute Gasteiger partial charge is 0.492 e. The number of imide groups is 1. The van der Waals surface area contributed by atoms with Crippen LogP contribution in [0.5, 0.6) is 5.75 Å². The third-order valence-corrected chi connectivity index (χ3v) is 4.82. The van der Waals surface area contributed by atoms with E-state index in [1.165, 1.54) is 10.5 Å². The average Bonchev–Trinajstić information content (AvgIpc) is 2.98. The SMILES string of the molecule is CCCc1ccc(OCCNC(=O)CCCN2C(=O)c3ccccc3C2=O)cc1. The van der Waals surface area contributed by atoms with Crippen LogP contribution in [0.3, 0.4) is 0 Å². The predicted molar refractivity (Wildman–Crippen MR) is 110 cm³/mol. The van der Waals surface area contributed by atoms with Gasteiger partial charge in [-0.05, 0) is 42.7 Å². The van der Waals surface area contributed by atoms with Gasteiger partial charge < -0.3 is 10.1 Å². The minimum atomic E-state index is -0.288. The number of fused-ring (bicyclic) bond motifs is 1. The van der Waals surface area contributed by atoms with E-state index < -0.39 is 0 Å². The van der Waals surface area contributed by atoms with E-state index in [1.54, 1.807) is 24.3 Å². The van der Waals surface area contributed by atoms with Crippen molar-refractivity contribution in [2.45, 2.75) is 32.6 Å². The summed E-state index contributed by atoms with van der Waals surface area (Å²) in [5.41, 5.74) is 2.15. The molecule has 3 rings (SSSR count). The van der Waals surface area contributed by atoms with E-state index in [0.29, 0.717) is 30.7 Å². The van der Waals surface area contributed by atoms with Gasteiger partial charge in [0.05, 0.1) is 17.7 Å².